The zero-order valence-corrected chi connectivity index (χ0v) is 13.0. The summed E-state index contributed by atoms with van der Waals surface area (Å²) in [6.07, 6.45) is 1.78. The van der Waals surface area contributed by atoms with Crippen molar-refractivity contribution in [1.29, 1.82) is 0 Å². The summed E-state index contributed by atoms with van der Waals surface area (Å²) in [6, 6.07) is 6.22. The first-order valence-corrected chi connectivity index (χ1v) is 8.48. The molecule has 7 heteroatoms. The number of hydrogen-bond donors (Lipinski definition) is 3. The number of hydrogen-bond acceptors (Lipinski definition) is 4. The molecule has 1 aromatic carbocycles. The Balaban J connectivity index is 1.99. The Morgan fingerprint density at radius 3 is 2.43 bits per heavy atom. The van der Waals surface area contributed by atoms with E-state index in [9.17, 15) is 13.2 Å². The highest BCUT2D eigenvalue weighted by molar-refractivity contribution is 7.89. The van der Waals surface area contributed by atoms with Crippen molar-refractivity contribution in [2.24, 2.45) is 0 Å². The van der Waals surface area contributed by atoms with Gasteiger partial charge in [0.15, 0.2) is 0 Å². The monoisotopic (exact) mass is 311 g/mol. The van der Waals surface area contributed by atoms with Crippen molar-refractivity contribution in [3.63, 3.8) is 0 Å². The number of nitrogens with one attached hydrogen (secondary N) is 3. The lowest BCUT2D eigenvalue weighted by atomic mass is 10.2. The molecule has 116 valence electrons. The van der Waals surface area contributed by atoms with Crippen LogP contribution in [0.25, 0.3) is 0 Å². The lowest BCUT2D eigenvalue weighted by molar-refractivity contribution is 0.0950. The van der Waals surface area contributed by atoms with Gasteiger partial charge in [-0.1, -0.05) is 0 Å². The molecule has 1 aliphatic carbocycles. The molecule has 0 heterocycles. The smallest absolute Gasteiger partial charge is 0.251 e. The van der Waals surface area contributed by atoms with E-state index in [0.717, 1.165) is 12.8 Å². The Morgan fingerprint density at radius 2 is 1.90 bits per heavy atom. The van der Waals surface area contributed by atoms with Crippen molar-refractivity contribution in [1.82, 2.24) is 15.4 Å². The maximum atomic E-state index is 12.0. The minimum absolute atomic E-state index is 0.0704. The number of benzene rings is 1. The third-order valence-electron chi connectivity index (χ3n) is 3.39. The third-order valence-corrected chi connectivity index (χ3v) is 4.92. The van der Waals surface area contributed by atoms with E-state index < -0.39 is 10.0 Å². The maximum Gasteiger partial charge on any atom is 0.251 e. The van der Waals surface area contributed by atoms with Gasteiger partial charge in [-0.3, -0.25) is 4.79 Å². The summed E-state index contributed by atoms with van der Waals surface area (Å²) in [4.78, 5) is 12.1. The average Bonchev–Trinajstić information content (AvgIpc) is 3.27. The zero-order valence-electron chi connectivity index (χ0n) is 12.2. The van der Waals surface area contributed by atoms with Crippen molar-refractivity contribution in [3.8, 4) is 0 Å². The molecule has 0 bridgehead atoms. The highest BCUT2D eigenvalue weighted by Gasteiger charge is 2.27. The van der Waals surface area contributed by atoms with Crippen LogP contribution < -0.4 is 15.4 Å². The van der Waals surface area contributed by atoms with Gasteiger partial charge >= 0.3 is 0 Å². The third kappa shape index (κ3) is 4.52. The van der Waals surface area contributed by atoms with Crippen LogP contribution in [0.5, 0.6) is 0 Å². The predicted octanol–water partition coefficient (Wildman–Crippen LogP) is 0.465. The van der Waals surface area contributed by atoms with Crippen molar-refractivity contribution in [2.75, 3.05) is 13.6 Å². The molecule has 1 amide bonds. The fourth-order valence-corrected chi connectivity index (χ4v) is 3.03. The van der Waals surface area contributed by atoms with E-state index in [0.29, 0.717) is 12.1 Å². The molecular weight excluding hydrogens is 290 g/mol. The van der Waals surface area contributed by atoms with Gasteiger partial charge in [0.05, 0.1) is 4.90 Å². The quantitative estimate of drug-likeness (QED) is 0.683. The van der Waals surface area contributed by atoms with Gasteiger partial charge in [-0.15, -0.1) is 0 Å². The highest BCUT2D eigenvalue weighted by Crippen LogP contribution is 2.22. The molecule has 1 saturated carbocycles. The van der Waals surface area contributed by atoms with Gasteiger partial charge in [0, 0.05) is 24.2 Å². The van der Waals surface area contributed by atoms with Gasteiger partial charge in [-0.25, -0.2) is 13.1 Å². The number of carbonyl (C=O) groups is 1. The average molecular weight is 311 g/mol. The van der Waals surface area contributed by atoms with Crippen LogP contribution in [0, 0.1) is 0 Å². The zero-order chi connectivity index (χ0) is 15.5. The molecule has 0 spiro atoms. The van der Waals surface area contributed by atoms with E-state index in [-0.39, 0.29) is 22.9 Å². The van der Waals surface area contributed by atoms with Crippen molar-refractivity contribution < 1.29 is 13.2 Å². The van der Waals surface area contributed by atoms with Crippen LogP contribution in [0.4, 0.5) is 0 Å². The number of likely N-dealkylation sites (N-methyl/N-ethyl adjacent to an activating group) is 1. The molecule has 1 aromatic rings. The van der Waals surface area contributed by atoms with E-state index in [4.69, 9.17) is 0 Å². The molecule has 1 atom stereocenters. The summed E-state index contributed by atoms with van der Waals surface area (Å²) in [6.45, 7) is 2.47. The maximum absolute atomic E-state index is 12.0. The van der Waals surface area contributed by atoms with E-state index in [2.05, 4.69) is 15.4 Å². The van der Waals surface area contributed by atoms with E-state index in [1.807, 2.05) is 14.0 Å². The molecule has 1 unspecified atom stereocenters. The summed E-state index contributed by atoms with van der Waals surface area (Å²) < 4.78 is 26.6. The molecule has 1 aliphatic rings. The Morgan fingerprint density at radius 1 is 1.29 bits per heavy atom. The Kier molecular flexibility index (Phi) is 4.97. The largest absolute Gasteiger partial charge is 0.350 e. The predicted molar refractivity (Wildman–Crippen MR) is 80.6 cm³/mol. The normalized spacial score (nSPS) is 16.5. The van der Waals surface area contributed by atoms with Crippen LogP contribution in [0.15, 0.2) is 29.2 Å². The minimum atomic E-state index is -3.46. The molecule has 0 radical (unpaired) electrons. The molecule has 2 rings (SSSR count). The number of carbonyl (C=O) groups excluding carboxylic acids is 1. The topological polar surface area (TPSA) is 87.3 Å². The Labute approximate surface area is 125 Å². The van der Waals surface area contributed by atoms with Crippen LogP contribution in [-0.2, 0) is 10.0 Å². The van der Waals surface area contributed by atoms with Crippen molar-refractivity contribution >= 4 is 15.9 Å². The van der Waals surface area contributed by atoms with Gasteiger partial charge < -0.3 is 10.6 Å². The molecule has 1 fully saturated rings. The minimum Gasteiger partial charge on any atom is -0.350 e. The van der Waals surface area contributed by atoms with Gasteiger partial charge in [0.25, 0.3) is 5.91 Å². The van der Waals surface area contributed by atoms with Crippen molar-refractivity contribution in [2.45, 2.75) is 36.7 Å². The molecule has 21 heavy (non-hydrogen) atoms. The van der Waals surface area contributed by atoms with Gasteiger partial charge in [0.2, 0.25) is 10.0 Å². The van der Waals surface area contributed by atoms with Crippen LogP contribution in [0.1, 0.15) is 30.1 Å². The number of sulfonamides is 1. The van der Waals surface area contributed by atoms with Crippen LogP contribution in [0.3, 0.4) is 0 Å². The summed E-state index contributed by atoms with van der Waals surface area (Å²) in [5.74, 6) is -0.212. The summed E-state index contributed by atoms with van der Waals surface area (Å²) in [7, 11) is -1.64. The van der Waals surface area contributed by atoms with E-state index in [1.54, 1.807) is 0 Å². The SMILES string of the molecule is CNC(C)CNC(=O)c1ccc(S(=O)(=O)NC2CC2)cc1. The van der Waals surface area contributed by atoms with Gasteiger partial charge in [-0.2, -0.15) is 0 Å². The molecule has 3 N–H and O–H groups in total. The van der Waals surface area contributed by atoms with Gasteiger partial charge in [0.1, 0.15) is 0 Å². The second-order valence-corrected chi connectivity index (χ2v) is 7.03. The molecule has 0 aliphatic heterocycles. The molecule has 6 nitrogen and oxygen atoms in total. The second kappa shape index (κ2) is 6.55. The van der Waals surface area contributed by atoms with Crippen LogP contribution >= 0.6 is 0 Å². The van der Waals surface area contributed by atoms with Crippen LogP contribution in [-0.4, -0.2) is 40.0 Å². The lowest BCUT2D eigenvalue weighted by Crippen LogP contribution is -2.37. The Bertz CT molecular complexity index is 594. The summed E-state index contributed by atoms with van der Waals surface area (Å²) in [5.41, 5.74) is 0.448. The van der Waals surface area contributed by atoms with Crippen LogP contribution in [0.2, 0.25) is 0 Å². The lowest BCUT2D eigenvalue weighted by Gasteiger charge is -2.11. The van der Waals surface area contributed by atoms with Crippen molar-refractivity contribution in [3.05, 3.63) is 29.8 Å². The number of rotatable bonds is 7. The molecule has 0 saturated heterocycles. The summed E-state index contributed by atoms with van der Waals surface area (Å²) >= 11 is 0. The highest BCUT2D eigenvalue weighted by atomic mass is 32.2. The standard InChI is InChI=1S/C14H21N3O3S/c1-10(15-2)9-16-14(18)11-3-7-13(8-4-11)21(19,20)17-12-5-6-12/h3-4,7-8,10,12,15,17H,5-6,9H2,1-2H3,(H,16,18). The first-order chi connectivity index (χ1) is 9.92. The second-order valence-electron chi connectivity index (χ2n) is 5.32. The first-order valence-electron chi connectivity index (χ1n) is 7.00. The Hall–Kier alpha value is -1.44. The van der Waals surface area contributed by atoms with Gasteiger partial charge in [-0.05, 0) is 51.1 Å². The molecular formula is C14H21N3O3S. The molecule has 0 aromatic heterocycles. The fourth-order valence-electron chi connectivity index (χ4n) is 1.72. The fraction of sp³-hybridized carbons (Fsp3) is 0.500. The summed E-state index contributed by atoms with van der Waals surface area (Å²) in [5, 5.41) is 5.81. The van der Waals surface area contributed by atoms with E-state index in [1.165, 1.54) is 24.3 Å². The van der Waals surface area contributed by atoms with E-state index >= 15 is 0 Å². The number of amides is 1. The first kappa shape index (κ1) is 15.9.